The largest absolute Gasteiger partial charge is 0.429 e. The first-order valence-electron chi connectivity index (χ1n) is 3.12. The Hall–Kier alpha value is -0.630. The number of thiol groups is 1. The molecular weight excluding hydrogens is 144 g/mol. The molecule has 1 aromatic rings. The van der Waals surface area contributed by atoms with Crippen molar-refractivity contribution < 1.29 is 4.18 Å². The fourth-order valence-corrected chi connectivity index (χ4v) is 0.884. The summed E-state index contributed by atoms with van der Waals surface area (Å²) in [5, 5.41) is 0. The average Bonchev–Trinajstić information content (AvgIpc) is 1.95. The Balaban J connectivity index is 3.04. The van der Waals surface area contributed by atoms with Crippen molar-refractivity contribution in [1.29, 1.82) is 0 Å². The van der Waals surface area contributed by atoms with Crippen molar-refractivity contribution in [3.63, 3.8) is 0 Å². The van der Waals surface area contributed by atoms with Crippen molar-refractivity contribution in [1.82, 2.24) is 0 Å². The SMILES string of the molecule is Cc1ccc(OS)cc1C. The van der Waals surface area contributed by atoms with Gasteiger partial charge in [-0.2, -0.15) is 0 Å². The lowest BCUT2D eigenvalue weighted by Crippen LogP contribution is -1.81. The highest BCUT2D eigenvalue weighted by atomic mass is 32.1. The van der Waals surface area contributed by atoms with E-state index in [0.717, 1.165) is 5.75 Å². The summed E-state index contributed by atoms with van der Waals surface area (Å²) >= 11 is 3.69. The predicted octanol–water partition coefficient (Wildman–Crippen LogP) is 2.53. The number of hydrogen-bond acceptors (Lipinski definition) is 2. The Morgan fingerprint density at radius 3 is 2.40 bits per heavy atom. The van der Waals surface area contributed by atoms with Crippen LogP contribution in [0.3, 0.4) is 0 Å². The van der Waals surface area contributed by atoms with Crippen LogP contribution in [0.15, 0.2) is 18.2 Å². The van der Waals surface area contributed by atoms with Gasteiger partial charge in [-0.05, 0) is 37.1 Å². The van der Waals surface area contributed by atoms with Gasteiger partial charge in [-0.3, -0.25) is 0 Å². The van der Waals surface area contributed by atoms with E-state index in [-0.39, 0.29) is 0 Å². The minimum atomic E-state index is 0.798. The Morgan fingerprint density at radius 2 is 1.90 bits per heavy atom. The van der Waals surface area contributed by atoms with Crippen LogP contribution in [0.25, 0.3) is 0 Å². The maximum absolute atomic E-state index is 4.74. The highest BCUT2D eigenvalue weighted by Crippen LogP contribution is 2.16. The summed E-state index contributed by atoms with van der Waals surface area (Å²) in [6.45, 7) is 4.11. The highest BCUT2D eigenvalue weighted by Gasteiger charge is 1.93. The molecule has 1 aromatic carbocycles. The normalized spacial score (nSPS) is 9.50. The monoisotopic (exact) mass is 154 g/mol. The Bertz CT molecular complexity index is 233. The molecule has 0 unspecified atom stereocenters. The number of benzene rings is 1. The predicted molar refractivity (Wildman–Crippen MR) is 45.5 cm³/mol. The van der Waals surface area contributed by atoms with Crippen LogP contribution in [0.1, 0.15) is 11.1 Å². The molecule has 0 aromatic heterocycles. The fraction of sp³-hybridized carbons (Fsp3) is 0.250. The van der Waals surface area contributed by atoms with Crippen molar-refractivity contribution in [2.24, 2.45) is 0 Å². The third-order valence-electron chi connectivity index (χ3n) is 1.58. The van der Waals surface area contributed by atoms with Gasteiger partial charge in [0.15, 0.2) is 0 Å². The van der Waals surface area contributed by atoms with E-state index in [0.29, 0.717) is 0 Å². The first kappa shape index (κ1) is 7.48. The molecule has 0 aliphatic heterocycles. The molecule has 0 atom stereocenters. The van der Waals surface area contributed by atoms with Gasteiger partial charge in [0, 0.05) is 12.9 Å². The molecule has 0 aliphatic carbocycles. The van der Waals surface area contributed by atoms with Gasteiger partial charge in [0.05, 0.1) is 0 Å². The lowest BCUT2D eigenvalue weighted by molar-refractivity contribution is 0.658. The summed E-state index contributed by atoms with van der Waals surface area (Å²) in [5.74, 6) is 0.798. The summed E-state index contributed by atoms with van der Waals surface area (Å²) in [6.07, 6.45) is 0. The van der Waals surface area contributed by atoms with E-state index in [4.69, 9.17) is 4.18 Å². The average molecular weight is 154 g/mol. The molecule has 0 aliphatic rings. The van der Waals surface area contributed by atoms with Gasteiger partial charge in [-0.25, -0.2) is 0 Å². The summed E-state index contributed by atoms with van der Waals surface area (Å²) in [7, 11) is 0. The number of rotatable bonds is 1. The van der Waals surface area contributed by atoms with Crippen molar-refractivity contribution in [3.05, 3.63) is 29.3 Å². The smallest absolute Gasteiger partial charge is 0.137 e. The third kappa shape index (κ3) is 1.45. The molecule has 2 heteroatoms. The second kappa shape index (κ2) is 2.97. The van der Waals surface area contributed by atoms with Gasteiger partial charge >= 0.3 is 0 Å². The zero-order valence-corrected chi connectivity index (χ0v) is 6.98. The van der Waals surface area contributed by atoms with Gasteiger partial charge in [-0.15, -0.1) is 0 Å². The van der Waals surface area contributed by atoms with Crippen LogP contribution < -0.4 is 4.18 Å². The van der Waals surface area contributed by atoms with Crippen LogP contribution in [-0.4, -0.2) is 0 Å². The number of hydrogen-bond donors (Lipinski definition) is 1. The first-order chi connectivity index (χ1) is 4.74. The minimum Gasteiger partial charge on any atom is -0.429 e. The zero-order chi connectivity index (χ0) is 7.56. The molecule has 10 heavy (non-hydrogen) atoms. The van der Waals surface area contributed by atoms with Crippen molar-refractivity contribution >= 4 is 12.9 Å². The highest BCUT2D eigenvalue weighted by molar-refractivity contribution is 7.75. The lowest BCUT2D eigenvalue weighted by Gasteiger charge is -2.01. The Labute approximate surface area is 66.6 Å². The molecule has 0 N–H and O–H groups in total. The van der Waals surface area contributed by atoms with E-state index in [1.54, 1.807) is 0 Å². The molecule has 0 radical (unpaired) electrons. The van der Waals surface area contributed by atoms with Crippen LogP contribution in [0, 0.1) is 13.8 Å². The van der Waals surface area contributed by atoms with Crippen LogP contribution in [0.4, 0.5) is 0 Å². The van der Waals surface area contributed by atoms with Gasteiger partial charge in [0.1, 0.15) is 5.75 Å². The molecular formula is C8H10OS. The van der Waals surface area contributed by atoms with Gasteiger partial charge in [-0.1, -0.05) is 6.07 Å². The van der Waals surface area contributed by atoms with Gasteiger partial charge < -0.3 is 4.18 Å². The number of aryl methyl sites for hydroxylation is 2. The van der Waals surface area contributed by atoms with E-state index in [2.05, 4.69) is 19.8 Å². The van der Waals surface area contributed by atoms with E-state index < -0.39 is 0 Å². The second-order valence-electron chi connectivity index (χ2n) is 2.34. The molecule has 0 fully saturated rings. The minimum absolute atomic E-state index is 0.798. The van der Waals surface area contributed by atoms with Crippen molar-refractivity contribution in [3.8, 4) is 5.75 Å². The molecule has 0 bridgehead atoms. The quantitative estimate of drug-likeness (QED) is 0.483. The molecule has 54 valence electrons. The van der Waals surface area contributed by atoms with E-state index in [1.165, 1.54) is 11.1 Å². The van der Waals surface area contributed by atoms with Crippen LogP contribution in [0.5, 0.6) is 5.75 Å². The van der Waals surface area contributed by atoms with E-state index >= 15 is 0 Å². The molecule has 1 nitrogen and oxygen atoms in total. The van der Waals surface area contributed by atoms with E-state index in [1.807, 2.05) is 25.1 Å². The zero-order valence-electron chi connectivity index (χ0n) is 6.09. The van der Waals surface area contributed by atoms with Crippen molar-refractivity contribution in [2.75, 3.05) is 0 Å². The van der Waals surface area contributed by atoms with Crippen LogP contribution in [-0.2, 0) is 0 Å². The summed E-state index contributed by atoms with van der Waals surface area (Å²) in [5.41, 5.74) is 2.50. The molecule has 0 amide bonds. The van der Waals surface area contributed by atoms with E-state index in [9.17, 15) is 0 Å². The lowest BCUT2D eigenvalue weighted by atomic mass is 10.1. The molecule has 0 heterocycles. The van der Waals surface area contributed by atoms with Crippen molar-refractivity contribution in [2.45, 2.75) is 13.8 Å². The molecule has 0 saturated heterocycles. The van der Waals surface area contributed by atoms with Crippen LogP contribution in [0.2, 0.25) is 0 Å². The standard InChI is InChI=1S/C8H10OS/c1-6-3-4-8(9-10)5-7(6)2/h3-5,10H,1-2H3. The molecule has 0 saturated carbocycles. The van der Waals surface area contributed by atoms with Gasteiger partial charge in [0.2, 0.25) is 0 Å². The third-order valence-corrected chi connectivity index (χ3v) is 1.79. The van der Waals surface area contributed by atoms with Gasteiger partial charge in [0.25, 0.3) is 0 Å². The summed E-state index contributed by atoms with van der Waals surface area (Å²) in [6, 6.07) is 5.87. The molecule has 0 spiro atoms. The summed E-state index contributed by atoms with van der Waals surface area (Å²) < 4.78 is 4.74. The Morgan fingerprint density at radius 1 is 1.20 bits per heavy atom. The Kier molecular flexibility index (Phi) is 2.22. The second-order valence-corrected chi connectivity index (χ2v) is 2.52. The topological polar surface area (TPSA) is 9.23 Å². The fourth-order valence-electron chi connectivity index (χ4n) is 0.771. The van der Waals surface area contributed by atoms with Crippen LogP contribution >= 0.6 is 12.9 Å². The first-order valence-corrected chi connectivity index (χ1v) is 3.49. The molecule has 1 rings (SSSR count). The maximum atomic E-state index is 4.74. The summed E-state index contributed by atoms with van der Waals surface area (Å²) in [4.78, 5) is 0. The maximum Gasteiger partial charge on any atom is 0.137 e.